The molecule has 1 unspecified atom stereocenters. The van der Waals surface area contributed by atoms with Gasteiger partial charge < -0.3 is 0 Å². The Morgan fingerprint density at radius 2 is 2.09 bits per heavy atom. The fraction of sp³-hybridized carbons (Fsp3) is 0.333. The fourth-order valence-corrected chi connectivity index (χ4v) is 1.42. The molecule has 0 spiro atoms. The van der Waals surface area contributed by atoms with E-state index in [9.17, 15) is 4.21 Å². The monoisotopic (exact) mass is 282 g/mol. The lowest BCUT2D eigenvalue weighted by molar-refractivity contribution is 0.676. The van der Waals surface area contributed by atoms with E-state index in [4.69, 9.17) is 0 Å². The minimum absolute atomic E-state index is 0.424. The second-order valence-electron chi connectivity index (χ2n) is 1.82. The average Bonchev–Trinajstić information content (AvgIpc) is 2.05. The zero-order valence-corrected chi connectivity index (χ0v) is 8.92. The Hall–Kier alpha value is -0.0400. The van der Waals surface area contributed by atoms with Gasteiger partial charge in [0.15, 0.2) is 0 Å². The molecule has 60 valence electrons. The number of halogens is 1. The molecule has 0 aromatic carbocycles. The Morgan fingerprint density at radius 1 is 1.55 bits per heavy atom. The summed E-state index contributed by atoms with van der Waals surface area (Å²) in [7, 11) is -1.02. The van der Waals surface area contributed by atoms with Crippen molar-refractivity contribution >= 4 is 33.4 Å². The van der Waals surface area contributed by atoms with Crippen LogP contribution < -0.4 is 0 Å². The summed E-state index contributed by atoms with van der Waals surface area (Å²) >= 11 is 2.11. The molecule has 0 fully saturated rings. The van der Waals surface area contributed by atoms with E-state index >= 15 is 0 Å². The zero-order chi connectivity index (χ0) is 8.27. The molecular formula is C6H7IN2OS. The van der Waals surface area contributed by atoms with Crippen molar-refractivity contribution < 1.29 is 4.21 Å². The topological polar surface area (TPSA) is 42.9 Å². The maximum Gasteiger partial charge on any atom is 0.218 e. The highest BCUT2D eigenvalue weighted by molar-refractivity contribution is 14.1. The van der Waals surface area contributed by atoms with Crippen LogP contribution in [0, 0.1) is 3.57 Å². The lowest BCUT2D eigenvalue weighted by Crippen LogP contribution is -2.00. The summed E-state index contributed by atoms with van der Waals surface area (Å²) in [5.41, 5.74) is 0. The molecule has 0 radical (unpaired) electrons. The van der Waals surface area contributed by atoms with Crippen LogP contribution >= 0.6 is 22.6 Å². The Morgan fingerprint density at radius 3 is 2.55 bits per heavy atom. The molecule has 0 aliphatic heterocycles. The van der Waals surface area contributed by atoms with Gasteiger partial charge in [0.05, 0.1) is 10.8 Å². The van der Waals surface area contributed by atoms with Gasteiger partial charge in [0.2, 0.25) is 5.16 Å². The standard InChI is InChI=1S/C6H7IN2OS/c1-2-11(10)6-8-3-5(7)4-9-6/h3-4H,2H2,1H3. The van der Waals surface area contributed by atoms with Gasteiger partial charge in [-0.1, -0.05) is 6.92 Å². The second-order valence-corrected chi connectivity index (χ2v) is 4.70. The van der Waals surface area contributed by atoms with Crippen LogP contribution in [0.5, 0.6) is 0 Å². The molecule has 0 N–H and O–H groups in total. The van der Waals surface area contributed by atoms with Gasteiger partial charge in [0.25, 0.3) is 0 Å². The first-order valence-corrected chi connectivity index (χ1v) is 5.49. The predicted octanol–water partition coefficient (Wildman–Crippen LogP) is 1.21. The minimum atomic E-state index is -1.02. The van der Waals surface area contributed by atoms with Gasteiger partial charge in [-0.15, -0.1) is 0 Å². The number of aromatic nitrogens is 2. The van der Waals surface area contributed by atoms with Crippen molar-refractivity contribution in [3.05, 3.63) is 16.0 Å². The summed E-state index contributed by atoms with van der Waals surface area (Å²) in [5, 5.41) is 0.424. The Balaban J connectivity index is 2.90. The van der Waals surface area contributed by atoms with Crippen molar-refractivity contribution in [1.82, 2.24) is 9.97 Å². The molecule has 1 aromatic rings. The van der Waals surface area contributed by atoms with E-state index in [1.807, 2.05) is 6.92 Å². The molecule has 5 heteroatoms. The highest BCUT2D eigenvalue weighted by atomic mass is 127. The van der Waals surface area contributed by atoms with E-state index in [0.717, 1.165) is 3.57 Å². The van der Waals surface area contributed by atoms with Crippen molar-refractivity contribution in [2.45, 2.75) is 12.1 Å². The number of rotatable bonds is 2. The average molecular weight is 282 g/mol. The summed E-state index contributed by atoms with van der Waals surface area (Å²) in [6, 6.07) is 0. The van der Waals surface area contributed by atoms with Gasteiger partial charge in [0, 0.05) is 21.7 Å². The predicted molar refractivity (Wildman–Crippen MR) is 51.7 cm³/mol. The van der Waals surface area contributed by atoms with Crippen LogP contribution in [0.25, 0.3) is 0 Å². The highest BCUT2D eigenvalue weighted by Crippen LogP contribution is 2.02. The second kappa shape index (κ2) is 4.10. The molecular weight excluding hydrogens is 275 g/mol. The van der Waals surface area contributed by atoms with E-state index < -0.39 is 10.8 Å². The number of hydrogen-bond acceptors (Lipinski definition) is 3. The maximum atomic E-state index is 11.1. The smallest absolute Gasteiger partial charge is 0.218 e. The van der Waals surface area contributed by atoms with Crippen LogP contribution in [0.15, 0.2) is 17.6 Å². The van der Waals surface area contributed by atoms with Crippen LogP contribution in [0.3, 0.4) is 0 Å². The van der Waals surface area contributed by atoms with Crippen LogP contribution in [0.2, 0.25) is 0 Å². The first-order chi connectivity index (χ1) is 5.24. The van der Waals surface area contributed by atoms with Crippen molar-refractivity contribution in [2.24, 2.45) is 0 Å². The van der Waals surface area contributed by atoms with E-state index in [1.54, 1.807) is 12.4 Å². The molecule has 1 aromatic heterocycles. The maximum absolute atomic E-state index is 11.1. The van der Waals surface area contributed by atoms with Gasteiger partial charge in [-0.3, -0.25) is 4.21 Å². The first-order valence-electron chi connectivity index (χ1n) is 3.10. The minimum Gasteiger partial charge on any atom is -0.251 e. The quantitative estimate of drug-likeness (QED) is 0.605. The van der Waals surface area contributed by atoms with E-state index in [0.29, 0.717) is 10.9 Å². The summed E-state index contributed by atoms with van der Waals surface area (Å²) in [6.45, 7) is 1.84. The molecule has 3 nitrogen and oxygen atoms in total. The summed E-state index contributed by atoms with van der Waals surface area (Å²) < 4.78 is 12.1. The lowest BCUT2D eigenvalue weighted by Gasteiger charge is -1.94. The van der Waals surface area contributed by atoms with E-state index in [2.05, 4.69) is 32.6 Å². The van der Waals surface area contributed by atoms with Crippen LogP contribution in [-0.4, -0.2) is 19.9 Å². The molecule has 0 saturated carbocycles. The van der Waals surface area contributed by atoms with Gasteiger partial charge in [-0.2, -0.15) is 0 Å². The summed E-state index contributed by atoms with van der Waals surface area (Å²) in [4.78, 5) is 7.86. The van der Waals surface area contributed by atoms with Crippen LogP contribution in [-0.2, 0) is 10.8 Å². The third-order valence-electron chi connectivity index (χ3n) is 1.06. The molecule has 0 aliphatic carbocycles. The summed E-state index contributed by atoms with van der Waals surface area (Å²) in [6.07, 6.45) is 3.33. The summed E-state index contributed by atoms with van der Waals surface area (Å²) in [5.74, 6) is 0.570. The normalized spacial score (nSPS) is 12.9. The molecule has 11 heavy (non-hydrogen) atoms. The largest absolute Gasteiger partial charge is 0.251 e. The molecule has 1 rings (SSSR count). The van der Waals surface area contributed by atoms with Crippen LogP contribution in [0.4, 0.5) is 0 Å². The lowest BCUT2D eigenvalue weighted by atomic mass is 10.7. The van der Waals surface area contributed by atoms with Gasteiger partial charge in [-0.05, 0) is 22.6 Å². The van der Waals surface area contributed by atoms with Crippen molar-refractivity contribution in [3.63, 3.8) is 0 Å². The number of hydrogen-bond donors (Lipinski definition) is 0. The number of nitrogens with zero attached hydrogens (tertiary/aromatic N) is 2. The third kappa shape index (κ3) is 2.48. The van der Waals surface area contributed by atoms with Crippen molar-refractivity contribution in [2.75, 3.05) is 5.75 Å². The first kappa shape index (κ1) is 9.05. The van der Waals surface area contributed by atoms with E-state index in [1.165, 1.54) is 0 Å². The Bertz CT molecular complexity index is 262. The Labute approximate surface area is 81.2 Å². The molecule has 1 heterocycles. The molecule has 0 aliphatic rings. The van der Waals surface area contributed by atoms with Gasteiger partial charge in [-0.25, -0.2) is 9.97 Å². The molecule has 1 atom stereocenters. The van der Waals surface area contributed by atoms with Gasteiger partial charge >= 0.3 is 0 Å². The zero-order valence-electron chi connectivity index (χ0n) is 5.95. The molecule has 0 saturated heterocycles. The SMILES string of the molecule is CCS(=O)c1ncc(I)cn1. The van der Waals surface area contributed by atoms with Crippen molar-refractivity contribution in [1.29, 1.82) is 0 Å². The third-order valence-corrected chi connectivity index (χ3v) is 2.76. The highest BCUT2D eigenvalue weighted by Gasteiger charge is 2.02. The molecule has 0 amide bonds. The van der Waals surface area contributed by atoms with Crippen molar-refractivity contribution in [3.8, 4) is 0 Å². The Kier molecular flexibility index (Phi) is 3.38. The van der Waals surface area contributed by atoms with E-state index in [-0.39, 0.29) is 0 Å². The van der Waals surface area contributed by atoms with Gasteiger partial charge in [0.1, 0.15) is 0 Å². The molecule has 0 bridgehead atoms. The fourth-order valence-electron chi connectivity index (χ4n) is 0.547. The van der Waals surface area contributed by atoms with Crippen LogP contribution in [0.1, 0.15) is 6.92 Å².